The van der Waals surface area contributed by atoms with E-state index in [1.165, 1.54) is 23.5 Å². The van der Waals surface area contributed by atoms with Crippen LogP contribution in [0.5, 0.6) is 5.75 Å². The van der Waals surface area contributed by atoms with Gasteiger partial charge in [0.15, 0.2) is 5.69 Å². The monoisotopic (exact) mass is 600 g/mol. The van der Waals surface area contributed by atoms with Crippen LogP contribution in [0.15, 0.2) is 60.1 Å². The molecule has 6 rings (SSSR count). The number of ether oxygens (including phenoxy) is 1. The summed E-state index contributed by atoms with van der Waals surface area (Å²) in [5.74, 6) is -1.60. The number of fused-ring (bicyclic) bond motifs is 4. The summed E-state index contributed by atoms with van der Waals surface area (Å²) in [6.45, 7) is 4.67. The molecule has 0 aliphatic carbocycles. The van der Waals surface area contributed by atoms with Crippen molar-refractivity contribution in [3.63, 3.8) is 0 Å². The van der Waals surface area contributed by atoms with Gasteiger partial charge < -0.3 is 25.5 Å². The van der Waals surface area contributed by atoms with Gasteiger partial charge in [0.25, 0.3) is 11.8 Å². The molecule has 0 saturated heterocycles. The van der Waals surface area contributed by atoms with Crippen LogP contribution in [0.25, 0.3) is 32.5 Å². The molecule has 2 aromatic carbocycles. The number of carbonyl (C=O) groups is 3. The van der Waals surface area contributed by atoms with Crippen LogP contribution in [0.3, 0.4) is 0 Å². The zero-order chi connectivity index (χ0) is 29.5. The van der Waals surface area contributed by atoms with Gasteiger partial charge in [-0.25, -0.2) is 9.78 Å². The Labute approximate surface area is 249 Å². The van der Waals surface area contributed by atoms with Crippen molar-refractivity contribution < 1.29 is 24.2 Å². The SMILES string of the molecule is CC(C)CNC(=O)c1ccc(-c2cc3c(cc2C(=O)Nc2ccc4[nH]ccc4c2Cl)-c2sccc2CO3)c(C(=O)O)n1. The zero-order valence-electron chi connectivity index (χ0n) is 22.6. The summed E-state index contributed by atoms with van der Waals surface area (Å²) >= 11 is 8.15. The molecule has 11 heteroatoms. The van der Waals surface area contributed by atoms with Gasteiger partial charge >= 0.3 is 5.97 Å². The normalized spacial score (nSPS) is 12.0. The van der Waals surface area contributed by atoms with Gasteiger partial charge in [0.2, 0.25) is 0 Å². The average Bonchev–Trinajstić information content (AvgIpc) is 3.66. The van der Waals surface area contributed by atoms with Gasteiger partial charge in [-0.15, -0.1) is 11.3 Å². The predicted octanol–water partition coefficient (Wildman–Crippen LogP) is 6.84. The first-order chi connectivity index (χ1) is 20.2. The highest BCUT2D eigenvalue weighted by Crippen LogP contribution is 2.45. The van der Waals surface area contributed by atoms with Gasteiger partial charge in [-0.05, 0) is 59.8 Å². The Morgan fingerprint density at radius 2 is 1.90 bits per heavy atom. The quantitative estimate of drug-likeness (QED) is 0.162. The molecule has 4 heterocycles. The summed E-state index contributed by atoms with van der Waals surface area (Å²) in [4.78, 5) is 47.3. The second kappa shape index (κ2) is 11.0. The van der Waals surface area contributed by atoms with Crippen molar-refractivity contribution >= 4 is 57.3 Å². The van der Waals surface area contributed by atoms with E-state index in [2.05, 4.69) is 20.6 Å². The number of nitrogens with one attached hydrogen (secondary N) is 3. The number of rotatable bonds is 7. The molecule has 0 radical (unpaired) electrons. The lowest BCUT2D eigenvalue weighted by molar-refractivity contribution is 0.0691. The summed E-state index contributed by atoms with van der Waals surface area (Å²) in [5.41, 5.74) is 3.22. The Morgan fingerprint density at radius 3 is 2.69 bits per heavy atom. The van der Waals surface area contributed by atoms with E-state index in [1.54, 1.807) is 24.4 Å². The van der Waals surface area contributed by atoms with Gasteiger partial charge in [0.1, 0.15) is 18.1 Å². The Hall–Kier alpha value is -4.67. The third-order valence-electron chi connectivity index (χ3n) is 6.95. The number of halogens is 1. The Balaban J connectivity index is 1.48. The van der Waals surface area contributed by atoms with Crippen molar-refractivity contribution in [2.75, 3.05) is 11.9 Å². The fraction of sp³-hybridized carbons (Fsp3) is 0.161. The van der Waals surface area contributed by atoms with E-state index in [1.807, 2.05) is 37.4 Å². The zero-order valence-corrected chi connectivity index (χ0v) is 24.2. The summed E-state index contributed by atoms with van der Waals surface area (Å²) in [7, 11) is 0. The Morgan fingerprint density at radius 1 is 1.07 bits per heavy atom. The van der Waals surface area contributed by atoms with E-state index in [0.29, 0.717) is 35.2 Å². The maximum atomic E-state index is 13.9. The van der Waals surface area contributed by atoms with E-state index in [-0.39, 0.29) is 28.4 Å². The van der Waals surface area contributed by atoms with Crippen molar-refractivity contribution in [1.29, 1.82) is 0 Å². The molecule has 0 saturated carbocycles. The lowest BCUT2D eigenvalue weighted by atomic mass is 9.92. The predicted molar refractivity (Wildman–Crippen MR) is 163 cm³/mol. The van der Waals surface area contributed by atoms with E-state index in [9.17, 15) is 19.5 Å². The molecule has 3 aromatic heterocycles. The number of hydrogen-bond acceptors (Lipinski definition) is 6. The number of carboxylic acids is 1. The molecule has 4 N–H and O–H groups in total. The smallest absolute Gasteiger partial charge is 0.355 e. The van der Waals surface area contributed by atoms with Gasteiger partial charge in [0, 0.05) is 56.3 Å². The molecular formula is C31H25ClN4O5S. The number of amides is 2. The molecule has 1 aliphatic rings. The third-order valence-corrected chi connectivity index (χ3v) is 8.34. The molecule has 0 unspecified atom stereocenters. The van der Waals surface area contributed by atoms with Crippen LogP contribution in [-0.2, 0) is 6.61 Å². The number of pyridine rings is 1. The maximum absolute atomic E-state index is 13.9. The number of carboxylic acid groups (broad SMARTS) is 1. The number of aromatic carboxylic acids is 1. The van der Waals surface area contributed by atoms with Gasteiger partial charge in [-0.3, -0.25) is 9.59 Å². The summed E-state index contributed by atoms with van der Waals surface area (Å²) < 4.78 is 6.02. The highest BCUT2D eigenvalue weighted by Gasteiger charge is 2.27. The van der Waals surface area contributed by atoms with Crippen LogP contribution in [0, 0.1) is 5.92 Å². The second-order valence-corrected chi connectivity index (χ2v) is 11.6. The molecule has 0 fully saturated rings. The summed E-state index contributed by atoms with van der Waals surface area (Å²) in [6, 6.07) is 13.6. The molecule has 0 spiro atoms. The molecule has 0 atom stereocenters. The fourth-order valence-electron chi connectivity index (χ4n) is 4.86. The lowest BCUT2D eigenvalue weighted by Gasteiger charge is -2.21. The van der Waals surface area contributed by atoms with E-state index >= 15 is 0 Å². The number of hydrogen-bond donors (Lipinski definition) is 4. The second-order valence-electron chi connectivity index (χ2n) is 10.3. The van der Waals surface area contributed by atoms with Crippen molar-refractivity contribution in [2.45, 2.75) is 20.5 Å². The number of thiophene rings is 1. The summed E-state index contributed by atoms with van der Waals surface area (Å²) in [5, 5.41) is 18.9. The van der Waals surface area contributed by atoms with Crippen molar-refractivity contribution in [1.82, 2.24) is 15.3 Å². The number of anilines is 1. The molecule has 5 aromatic rings. The highest BCUT2D eigenvalue weighted by molar-refractivity contribution is 7.13. The first kappa shape index (κ1) is 27.5. The number of aromatic nitrogens is 2. The molecule has 0 bridgehead atoms. The fourth-order valence-corrected chi connectivity index (χ4v) is 6.07. The minimum absolute atomic E-state index is 0.0353. The van der Waals surface area contributed by atoms with Gasteiger partial charge in [-0.2, -0.15) is 0 Å². The largest absolute Gasteiger partial charge is 0.488 e. The van der Waals surface area contributed by atoms with E-state index in [4.69, 9.17) is 16.3 Å². The van der Waals surface area contributed by atoms with Crippen LogP contribution in [0.4, 0.5) is 5.69 Å². The van der Waals surface area contributed by atoms with Crippen molar-refractivity contribution in [3.8, 4) is 27.3 Å². The molecule has 212 valence electrons. The Bertz CT molecular complexity index is 1890. The van der Waals surface area contributed by atoms with Crippen molar-refractivity contribution in [3.05, 3.63) is 87.6 Å². The highest BCUT2D eigenvalue weighted by atomic mass is 35.5. The maximum Gasteiger partial charge on any atom is 0.355 e. The number of benzene rings is 2. The average molecular weight is 601 g/mol. The first-order valence-electron chi connectivity index (χ1n) is 13.2. The Kier molecular flexibility index (Phi) is 7.17. The number of carbonyl (C=O) groups excluding carboxylic acids is 2. The molecule has 9 nitrogen and oxygen atoms in total. The topological polar surface area (TPSA) is 133 Å². The van der Waals surface area contributed by atoms with Crippen LogP contribution >= 0.6 is 22.9 Å². The van der Waals surface area contributed by atoms with Crippen LogP contribution in [0.1, 0.15) is 50.7 Å². The van der Waals surface area contributed by atoms with Crippen LogP contribution in [-0.4, -0.2) is 39.4 Å². The van der Waals surface area contributed by atoms with Crippen LogP contribution in [0.2, 0.25) is 5.02 Å². The minimum Gasteiger partial charge on any atom is -0.488 e. The molecule has 2 amide bonds. The molecule has 1 aliphatic heterocycles. The summed E-state index contributed by atoms with van der Waals surface area (Å²) in [6.07, 6.45) is 1.76. The van der Waals surface area contributed by atoms with E-state index in [0.717, 1.165) is 26.9 Å². The van der Waals surface area contributed by atoms with Crippen molar-refractivity contribution in [2.24, 2.45) is 5.92 Å². The van der Waals surface area contributed by atoms with Crippen LogP contribution < -0.4 is 15.4 Å². The van der Waals surface area contributed by atoms with Gasteiger partial charge in [-0.1, -0.05) is 25.4 Å². The number of nitrogens with zero attached hydrogens (tertiary/aromatic N) is 1. The first-order valence-corrected chi connectivity index (χ1v) is 14.4. The molecular weight excluding hydrogens is 576 g/mol. The minimum atomic E-state index is -1.34. The lowest BCUT2D eigenvalue weighted by Crippen LogP contribution is -2.28. The number of H-pyrrole nitrogens is 1. The third kappa shape index (κ3) is 4.99. The molecule has 42 heavy (non-hydrogen) atoms. The van der Waals surface area contributed by atoms with E-state index < -0.39 is 17.8 Å². The standard InChI is InChI=1S/C31H25ClN4O5S/c1-15(2)13-34-30(38)24-4-3-17(27(35-24)31(39)40)19-12-25-21(28-16(14-41-25)8-10-42-28)11-20(19)29(37)36-23-6-5-22-18(26(23)32)7-9-33-22/h3-12,15,33H,13-14H2,1-2H3,(H,34,38)(H,36,37)(H,39,40). The number of aromatic amines is 1. The van der Waals surface area contributed by atoms with Gasteiger partial charge in [0.05, 0.1) is 10.7 Å².